The van der Waals surface area contributed by atoms with Crippen LogP contribution in [0.1, 0.15) is 26.3 Å². The molecule has 3 rings (SSSR count). The van der Waals surface area contributed by atoms with Crippen molar-refractivity contribution < 1.29 is 14.4 Å². The Bertz CT molecular complexity index is 982. The van der Waals surface area contributed by atoms with E-state index in [1.54, 1.807) is 48.5 Å². The molecule has 0 aliphatic heterocycles. The molecule has 0 saturated carbocycles. The fourth-order valence-corrected chi connectivity index (χ4v) is 2.61. The van der Waals surface area contributed by atoms with E-state index in [0.29, 0.717) is 22.5 Å². The summed E-state index contributed by atoms with van der Waals surface area (Å²) in [6, 6.07) is 22.4. The van der Waals surface area contributed by atoms with Crippen LogP contribution in [-0.4, -0.2) is 17.7 Å². The van der Waals surface area contributed by atoms with Crippen molar-refractivity contribution in [3.8, 4) is 0 Å². The maximum absolute atomic E-state index is 12.3. The summed E-state index contributed by atoms with van der Waals surface area (Å²) in [7, 11) is 0. The van der Waals surface area contributed by atoms with Crippen molar-refractivity contribution in [3.05, 3.63) is 95.6 Å². The first-order valence-electron chi connectivity index (χ1n) is 8.66. The number of carbonyl (C=O) groups excluding carboxylic acids is 3. The highest BCUT2D eigenvalue weighted by Gasteiger charge is 2.08. The van der Waals surface area contributed by atoms with E-state index < -0.39 is 5.91 Å². The van der Waals surface area contributed by atoms with Gasteiger partial charge < -0.3 is 16.4 Å². The fourth-order valence-electron chi connectivity index (χ4n) is 2.61. The molecule has 0 aliphatic carbocycles. The Labute approximate surface area is 162 Å². The second kappa shape index (κ2) is 8.64. The summed E-state index contributed by atoms with van der Waals surface area (Å²) in [4.78, 5) is 35.5. The molecule has 0 saturated heterocycles. The Morgan fingerprint density at radius 1 is 0.679 bits per heavy atom. The van der Waals surface area contributed by atoms with Gasteiger partial charge in [-0.25, -0.2) is 0 Å². The van der Waals surface area contributed by atoms with Crippen LogP contribution in [0.25, 0.3) is 0 Å². The Morgan fingerprint density at radius 3 is 1.79 bits per heavy atom. The van der Waals surface area contributed by atoms with Gasteiger partial charge in [-0.15, -0.1) is 0 Å². The van der Waals surface area contributed by atoms with E-state index in [9.17, 15) is 14.4 Å². The number of carbonyl (C=O) groups is 3. The highest BCUT2D eigenvalue weighted by atomic mass is 16.2. The number of nitrogens with one attached hydrogen (secondary N) is 2. The molecule has 0 atom stereocenters. The first-order valence-corrected chi connectivity index (χ1v) is 8.66. The third-order valence-corrected chi connectivity index (χ3v) is 4.07. The maximum atomic E-state index is 12.3. The summed E-state index contributed by atoms with van der Waals surface area (Å²) in [5, 5.41) is 5.55. The van der Waals surface area contributed by atoms with Crippen LogP contribution >= 0.6 is 0 Å². The van der Waals surface area contributed by atoms with Gasteiger partial charge in [0.2, 0.25) is 11.8 Å². The second-order valence-electron chi connectivity index (χ2n) is 6.18. The number of hydrogen-bond donors (Lipinski definition) is 3. The summed E-state index contributed by atoms with van der Waals surface area (Å²) in [6.45, 7) is 0. The molecule has 140 valence electrons. The van der Waals surface area contributed by atoms with Gasteiger partial charge >= 0.3 is 0 Å². The molecule has 0 fully saturated rings. The van der Waals surface area contributed by atoms with Gasteiger partial charge in [0.1, 0.15) is 0 Å². The SMILES string of the molecule is NC(=O)c1ccc(NC(=O)c2ccc(NC(=O)Cc3ccccc3)cc2)cc1. The van der Waals surface area contributed by atoms with Crippen molar-refractivity contribution in [2.24, 2.45) is 5.73 Å². The molecule has 3 aromatic rings. The standard InChI is InChI=1S/C22H19N3O3/c23-21(27)16-6-10-19(11-7-16)25-22(28)17-8-12-18(13-9-17)24-20(26)14-15-4-2-1-3-5-15/h1-13H,14H2,(H2,23,27)(H,24,26)(H,25,28). The minimum absolute atomic E-state index is 0.127. The normalized spacial score (nSPS) is 10.1. The Kier molecular flexibility index (Phi) is 5.81. The zero-order valence-corrected chi connectivity index (χ0v) is 15.0. The summed E-state index contributed by atoms with van der Waals surface area (Å²) in [5.41, 5.74) is 8.10. The van der Waals surface area contributed by atoms with Gasteiger partial charge in [0.25, 0.3) is 5.91 Å². The number of anilines is 2. The number of rotatable bonds is 6. The third kappa shape index (κ3) is 5.04. The molecule has 28 heavy (non-hydrogen) atoms. The number of hydrogen-bond acceptors (Lipinski definition) is 3. The van der Waals surface area contributed by atoms with Gasteiger partial charge in [-0.3, -0.25) is 14.4 Å². The van der Waals surface area contributed by atoms with Crippen LogP contribution in [0.3, 0.4) is 0 Å². The molecule has 6 nitrogen and oxygen atoms in total. The molecule has 4 N–H and O–H groups in total. The van der Waals surface area contributed by atoms with Crippen LogP contribution in [0.4, 0.5) is 11.4 Å². The van der Waals surface area contributed by atoms with Gasteiger partial charge in [0.15, 0.2) is 0 Å². The maximum Gasteiger partial charge on any atom is 0.255 e. The molecular weight excluding hydrogens is 354 g/mol. The number of primary amides is 1. The lowest BCUT2D eigenvalue weighted by Gasteiger charge is -2.08. The van der Waals surface area contributed by atoms with Crippen LogP contribution < -0.4 is 16.4 Å². The lowest BCUT2D eigenvalue weighted by atomic mass is 10.1. The zero-order chi connectivity index (χ0) is 19.9. The molecule has 6 heteroatoms. The molecular formula is C22H19N3O3. The highest BCUT2D eigenvalue weighted by molar-refractivity contribution is 6.05. The Balaban J connectivity index is 1.58. The zero-order valence-electron chi connectivity index (χ0n) is 15.0. The summed E-state index contributed by atoms with van der Waals surface area (Å²) in [6.07, 6.45) is 0.282. The molecule has 0 bridgehead atoms. The molecule has 0 aliphatic rings. The first kappa shape index (κ1) is 18.8. The molecule has 0 aromatic heterocycles. The molecule has 0 spiro atoms. The van der Waals surface area contributed by atoms with Crippen molar-refractivity contribution in [1.82, 2.24) is 0 Å². The summed E-state index contributed by atoms with van der Waals surface area (Å²) >= 11 is 0. The minimum atomic E-state index is -0.525. The average Bonchev–Trinajstić information content (AvgIpc) is 2.69. The predicted octanol–water partition coefficient (Wildman–Crippen LogP) is 3.22. The van der Waals surface area contributed by atoms with Crippen molar-refractivity contribution in [1.29, 1.82) is 0 Å². The first-order chi connectivity index (χ1) is 13.5. The van der Waals surface area contributed by atoms with Gasteiger partial charge in [-0.2, -0.15) is 0 Å². The van der Waals surface area contributed by atoms with Crippen LogP contribution in [0.5, 0.6) is 0 Å². The Morgan fingerprint density at radius 2 is 1.21 bits per heavy atom. The Hall–Kier alpha value is -3.93. The third-order valence-electron chi connectivity index (χ3n) is 4.07. The number of nitrogens with two attached hydrogens (primary N) is 1. The van der Waals surface area contributed by atoms with E-state index in [-0.39, 0.29) is 18.2 Å². The van der Waals surface area contributed by atoms with Crippen molar-refractivity contribution >= 4 is 29.1 Å². The quantitative estimate of drug-likeness (QED) is 0.618. The van der Waals surface area contributed by atoms with E-state index >= 15 is 0 Å². The molecule has 3 amide bonds. The van der Waals surface area contributed by atoms with E-state index in [0.717, 1.165) is 5.56 Å². The van der Waals surface area contributed by atoms with Crippen molar-refractivity contribution in [3.63, 3.8) is 0 Å². The molecule has 3 aromatic carbocycles. The van der Waals surface area contributed by atoms with Crippen molar-refractivity contribution in [2.75, 3.05) is 10.6 Å². The van der Waals surface area contributed by atoms with E-state index in [4.69, 9.17) is 5.73 Å². The highest BCUT2D eigenvalue weighted by Crippen LogP contribution is 2.14. The molecule has 0 radical (unpaired) electrons. The second-order valence-corrected chi connectivity index (χ2v) is 6.18. The van der Waals surface area contributed by atoms with Gasteiger partial charge in [0, 0.05) is 22.5 Å². The lowest BCUT2D eigenvalue weighted by Crippen LogP contribution is -2.15. The summed E-state index contributed by atoms with van der Waals surface area (Å²) in [5.74, 6) is -0.949. The predicted molar refractivity (Wildman–Crippen MR) is 108 cm³/mol. The summed E-state index contributed by atoms with van der Waals surface area (Å²) < 4.78 is 0. The van der Waals surface area contributed by atoms with E-state index in [1.165, 1.54) is 0 Å². The van der Waals surface area contributed by atoms with Crippen LogP contribution in [0, 0.1) is 0 Å². The van der Waals surface area contributed by atoms with Crippen LogP contribution in [0.15, 0.2) is 78.9 Å². The minimum Gasteiger partial charge on any atom is -0.366 e. The van der Waals surface area contributed by atoms with E-state index in [2.05, 4.69) is 10.6 Å². The number of benzene rings is 3. The molecule has 0 unspecified atom stereocenters. The van der Waals surface area contributed by atoms with Gasteiger partial charge in [0.05, 0.1) is 6.42 Å². The monoisotopic (exact) mass is 373 g/mol. The number of amides is 3. The van der Waals surface area contributed by atoms with Crippen LogP contribution in [0.2, 0.25) is 0 Å². The van der Waals surface area contributed by atoms with Gasteiger partial charge in [-0.1, -0.05) is 30.3 Å². The van der Waals surface area contributed by atoms with E-state index in [1.807, 2.05) is 30.3 Å². The van der Waals surface area contributed by atoms with Gasteiger partial charge in [-0.05, 0) is 54.1 Å². The van der Waals surface area contributed by atoms with Crippen LogP contribution in [-0.2, 0) is 11.2 Å². The largest absolute Gasteiger partial charge is 0.366 e. The topological polar surface area (TPSA) is 101 Å². The average molecular weight is 373 g/mol. The smallest absolute Gasteiger partial charge is 0.255 e. The van der Waals surface area contributed by atoms with Crippen molar-refractivity contribution in [2.45, 2.75) is 6.42 Å². The molecule has 0 heterocycles. The fraction of sp³-hybridized carbons (Fsp3) is 0.0455. The lowest BCUT2D eigenvalue weighted by molar-refractivity contribution is -0.115.